The number of likely N-dealkylation sites (tertiary alicyclic amines) is 1. The topological polar surface area (TPSA) is 33.2 Å². The molecule has 0 radical (unpaired) electrons. The second-order valence-corrected chi connectivity index (χ2v) is 7.30. The molecule has 0 N–H and O–H groups in total. The number of hydrogen-bond donors (Lipinski definition) is 0. The first-order valence-electron chi connectivity index (χ1n) is 8.21. The van der Waals surface area contributed by atoms with Gasteiger partial charge in [0.2, 0.25) is 0 Å². The number of fused-ring (bicyclic) bond motifs is 1. The van der Waals surface area contributed by atoms with E-state index in [4.69, 9.17) is 0 Å². The Hall–Kier alpha value is -2.34. The lowest BCUT2D eigenvalue weighted by Crippen LogP contribution is -2.39. The molecule has 0 bridgehead atoms. The van der Waals surface area contributed by atoms with Crippen LogP contribution in [-0.2, 0) is 0 Å². The molecule has 3 aromatic rings. The summed E-state index contributed by atoms with van der Waals surface area (Å²) in [6, 6.07) is 11.0. The summed E-state index contributed by atoms with van der Waals surface area (Å²) < 4.78 is 28.1. The SMILES string of the molecule is O=C(c1ccc(F)cc1F)N1CCC[C@@H](c2nc3ccccc3s2)C1. The highest BCUT2D eigenvalue weighted by atomic mass is 32.1. The van der Waals surface area contributed by atoms with E-state index < -0.39 is 11.6 Å². The van der Waals surface area contributed by atoms with Gasteiger partial charge in [-0.2, -0.15) is 0 Å². The molecule has 2 heterocycles. The Morgan fingerprint density at radius 2 is 2.04 bits per heavy atom. The number of para-hydroxylation sites is 1. The predicted octanol–water partition coefficient (Wildman–Crippen LogP) is 4.59. The van der Waals surface area contributed by atoms with E-state index in [1.807, 2.05) is 24.3 Å². The Morgan fingerprint density at radius 3 is 2.84 bits per heavy atom. The monoisotopic (exact) mass is 358 g/mol. The third kappa shape index (κ3) is 3.14. The summed E-state index contributed by atoms with van der Waals surface area (Å²) in [7, 11) is 0. The minimum Gasteiger partial charge on any atom is -0.338 e. The number of benzene rings is 2. The first kappa shape index (κ1) is 16.1. The number of nitrogens with zero attached hydrogens (tertiary/aromatic N) is 2. The number of carbonyl (C=O) groups is 1. The molecule has 1 aromatic heterocycles. The van der Waals surface area contributed by atoms with Gasteiger partial charge in [0.05, 0.1) is 20.8 Å². The first-order chi connectivity index (χ1) is 12.1. The maximum absolute atomic E-state index is 13.9. The summed E-state index contributed by atoms with van der Waals surface area (Å²) in [6.07, 6.45) is 1.80. The van der Waals surface area contributed by atoms with Gasteiger partial charge in [-0.05, 0) is 37.1 Å². The van der Waals surface area contributed by atoms with Crippen molar-refractivity contribution in [1.29, 1.82) is 0 Å². The van der Waals surface area contributed by atoms with Crippen molar-refractivity contribution in [3.05, 3.63) is 64.7 Å². The summed E-state index contributed by atoms with van der Waals surface area (Å²) in [5.41, 5.74) is 0.891. The molecule has 1 saturated heterocycles. The first-order valence-corrected chi connectivity index (χ1v) is 9.03. The van der Waals surface area contributed by atoms with E-state index in [0.29, 0.717) is 13.1 Å². The maximum atomic E-state index is 13.9. The molecule has 0 aliphatic carbocycles. The lowest BCUT2D eigenvalue weighted by molar-refractivity contribution is 0.0702. The number of halogens is 2. The van der Waals surface area contributed by atoms with Crippen molar-refractivity contribution in [1.82, 2.24) is 9.88 Å². The van der Waals surface area contributed by atoms with E-state index in [1.54, 1.807) is 16.2 Å². The van der Waals surface area contributed by atoms with Gasteiger partial charge in [-0.15, -0.1) is 11.3 Å². The zero-order valence-corrected chi connectivity index (χ0v) is 14.2. The third-order valence-corrected chi connectivity index (χ3v) is 5.73. The largest absolute Gasteiger partial charge is 0.338 e. The Balaban J connectivity index is 1.57. The summed E-state index contributed by atoms with van der Waals surface area (Å²) in [5, 5.41) is 1.01. The molecule has 0 saturated carbocycles. The van der Waals surface area contributed by atoms with Crippen LogP contribution < -0.4 is 0 Å². The van der Waals surface area contributed by atoms with Crippen LogP contribution in [-0.4, -0.2) is 28.9 Å². The minimum atomic E-state index is -0.813. The molecule has 6 heteroatoms. The molecular weight excluding hydrogens is 342 g/mol. The standard InChI is InChI=1S/C19H16F2N2OS/c20-13-7-8-14(15(21)10-13)19(24)23-9-3-4-12(11-23)18-22-16-5-1-2-6-17(16)25-18/h1-2,5-8,10,12H,3-4,9,11H2/t12-/m1/s1. The lowest BCUT2D eigenvalue weighted by atomic mass is 9.98. The van der Waals surface area contributed by atoms with E-state index in [9.17, 15) is 13.6 Å². The van der Waals surface area contributed by atoms with Crippen molar-refractivity contribution >= 4 is 27.5 Å². The second kappa shape index (κ2) is 6.52. The van der Waals surface area contributed by atoms with Crippen molar-refractivity contribution in [2.24, 2.45) is 0 Å². The van der Waals surface area contributed by atoms with Gasteiger partial charge < -0.3 is 4.90 Å². The molecule has 25 heavy (non-hydrogen) atoms. The maximum Gasteiger partial charge on any atom is 0.256 e. The minimum absolute atomic E-state index is 0.0775. The molecule has 1 aliphatic rings. The predicted molar refractivity (Wildman–Crippen MR) is 93.9 cm³/mol. The molecule has 2 aromatic carbocycles. The van der Waals surface area contributed by atoms with E-state index in [0.717, 1.165) is 40.2 Å². The number of carbonyl (C=O) groups excluding carboxylic acids is 1. The van der Waals surface area contributed by atoms with Crippen LogP contribution in [0.5, 0.6) is 0 Å². The molecule has 1 atom stereocenters. The molecule has 1 amide bonds. The highest BCUT2D eigenvalue weighted by molar-refractivity contribution is 7.18. The van der Waals surface area contributed by atoms with Gasteiger partial charge in [-0.25, -0.2) is 13.8 Å². The Bertz CT molecular complexity index is 907. The van der Waals surface area contributed by atoms with Crippen LogP contribution in [0.15, 0.2) is 42.5 Å². The number of thiazole rings is 1. The van der Waals surface area contributed by atoms with E-state index in [2.05, 4.69) is 4.98 Å². The molecule has 1 aliphatic heterocycles. The van der Waals surface area contributed by atoms with Gasteiger partial charge >= 0.3 is 0 Å². The summed E-state index contributed by atoms with van der Waals surface area (Å²) >= 11 is 1.65. The number of hydrogen-bond acceptors (Lipinski definition) is 3. The average molecular weight is 358 g/mol. The highest BCUT2D eigenvalue weighted by Crippen LogP contribution is 2.33. The smallest absolute Gasteiger partial charge is 0.256 e. The molecule has 0 unspecified atom stereocenters. The van der Waals surface area contributed by atoms with Gasteiger partial charge in [0.25, 0.3) is 5.91 Å². The fraction of sp³-hybridized carbons (Fsp3) is 0.263. The van der Waals surface area contributed by atoms with Gasteiger partial charge in [-0.1, -0.05) is 12.1 Å². The quantitative estimate of drug-likeness (QED) is 0.671. The van der Waals surface area contributed by atoms with Gasteiger partial charge in [0.15, 0.2) is 0 Å². The second-order valence-electron chi connectivity index (χ2n) is 6.23. The van der Waals surface area contributed by atoms with Crippen molar-refractivity contribution in [3.8, 4) is 0 Å². The Kier molecular flexibility index (Phi) is 4.21. The average Bonchev–Trinajstić information content (AvgIpc) is 3.05. The van der Waals surface area contributed by atoms with E-state index in [-0.39, 0.29) is 17.4 Å². The lowest BCUT2D eigenvalue weighted by Gasteiger charge is -2.32. The highest BCUT2D eigenvalue weighted by Gasteiger charge is 2.28. The summed E-state index contributed by atoms with van der Waals surface area (Å²) in [6.45, 7) is 1.09. The van der Waals surface area contributed by atoms with Crippen LogP contribution in [0.2, 0.25) is 0 Å². The molecular formula is C19H16F2N2OS. The molecule has 1 fully saturated rings. The number of piperidine rings is 1. The van der Waals surface area contributed by atoms with Crippen LogP contribution in [0.4, 0.5) is 8.78 Å². The third-order valence-electron chi connectivity index (χ3n) is 4.53. The van der Waals surface area contributed by atoms with Crippen LogP contribution >= 0.6 is 11.3 Å². The van der Waals surface area contributed by atoms with Crippen LogP contribution in [0.3, 0.4) is 0 Å². The molecule has 4 rings (SSSR count). The van der Waals surface area contributed by atoms with Crippen molar-refractivity contribution in [2.45, 2.75) is 18.8 Å². The van der Waals surface area contributed by atoms with Gasteiger partial charge in [0, 0.05) is 25.1 Å². The summed E-state index contributed by atoms with van der Waals surface area (Å²) in [4.78, 5) is 19.0. The normalized spacial score (nSPS) is 17.8. The molecule has 128 valence electrons. The van der Waals surface area contributed by atoms with Gasteiger partial charge in [0.1, 0.15) is 11.6 Å². The van der Waals surface area contributed by atoms with Crippen molar-refractivity contribution < 1.29 is 13.6 Å². The molecule has 0 spiro atoms. The van der Waals surface area contributed by atoms with E-state index in [1.165, 1.54) is 6.07 Å². The number of rotatable bonds is 2. The zero-order valence-electron chi connectivity index (χ0n) is 13.4. The Morgan fingerprint density at radius 1 is 1.20 bits per heavy atom. The summed E-state index contributed by atoms with van der Waals surface area (Å²) in [5.74, 6) is -1.73. The van der Waals surface area contributed by atoms with Gasteiger partial charge in [-0.3, -0.25) is 4.79 Å². The van der Waals surface area contributed by atoms with Crippen LogP contribution in [0.25, 0.3) is 10.2 Å². The zero-order chi connectivity index (χ0) is 17.4. The van der Waals surface area contributed by atoms with Crippen molar-refractivity contribution in [2.75, 3.05) is 13.1 Å². The fourth-order valence-electron chi connectivity index (χ4n) is 3.26. The Labute approximate surface area is 147 Å². The van der Waals surface area contributed by atoms with E-state index >= 15 is 0 Å². The van der Waals surface area contributed by atoms with Crippen LogP contribution in [0, 0.1) is 11.6 Å². The molecule has 3 nitrogen and oxygen atoms in total. The number of aromatic nitrogens is 1. The van der Waals surface area contributed by atoms with Crippen molar-refractivity contribution in [3.63, 3.8) is 0 Å². The fourth-order valence-corrected chi connectivity index (χ4v) is 4.35. The van der Waals surface area contributed by atoms with Crippen LogP contribution in [0.1, 0.15) is 34.1 Å². The number of amides is 1.